The van der Waals surface area contributed by atoms with Crippen LogP contribution in [0.3, 0.4) is 0 Å². The number of hydrogen-bond acceptors (Lipinski definition) is 4. The summed E-state index contributed by atoms with van der Waals surface area (Å²) in [4.78, 5) is 1.21. The smallest absolute Gasteiger partial charge is 0.230 e. The highest BCUT2D eigenvalue weighted by molar-refractivity contribution is 9.10. The summed E-state index contributed by atoms with van der Waals surface area (Å²) >= 11 is 5.26. The molecule has 0 atom stereocenters. The lowest BCUT2D eigenvalue weighted by Gasteiger charge is -2.05. The molecule has 0 aliphatic heterocycles. The summed E-state index contributed by atoms with van der Waals surface area (Å²) in [5.74, 6) is 0.325. The van der Waals surface area contributed by atoms with Crippen LogP contribution < -0.4 is 5.73 Å². The van der Waals surface area contributed by atoms with Gasteiger partial charge in [0.1, 0.15) is 5.69 Å². The van der Waals surface area contributed by atoms with Crippen LogP contribution in [0.5, 0.6) is 0 Å². The molecule has 0 aliphatic rings. The Balaban J connectivity index is 2.15. The van der Waals surface area contributed by atoms with Gasteiger partial charge >= 0.3 is 0 Å². The molecule has 0 unspecified atom stereocenters. The van der Waals surface area contributed by atoms with Crippen LogP contribution in [-0.4, -0.2) is 11.4 Å². The first-order valence-electron chi connectivity index (χ1n) is 6.35. The molecule has 2 aromatic carbocycles. The van der Waals surface area contributed by atoms with Gasteiger partial charge in [0.05, 0.1) is 5.56 Å². The quantitative estimate of drug-likeness (QED) is 0.662. The van der Waals surface area contributed by atoms with Crippen molar-refractivity contribution in [3.63, 3.8) is 0 Å². The van der Waals surface area contributed by atoms with E-state index in [1.807, 2.05) is 36.4 Å². The van der Waals surface area contributed by atoms with Gasteiger partial charge in [-0.1, -0.05) is 51.4 Å². The second-order valence-electron chi connectivity index (χ2n) is 4.48. The molecule has 0 fully saturated rings. The third-order valence-electron chi connectivity index (χ3n) is 3.23. The van der Waals surface area contributed by atoms with Crippen LogP contribution in [0.1, 0.15) is 0 Å². The fourth-order valence-corrected chi connectivity index (χ4v) is 3.06. The van der Waals surface area contributed by atoms with Gasteiger partial charge in [0.2, 0.25) is 5.88 Å². The number of anilines is 1. The summed E-state index contributed by atoms with van der Waals surface area (Å²) < 4.78 is 6.18. The second-order valence-corrected chi connectivity index (χ2v) is 6.21. The predicted molar refractivity (Wildman–Crippen MR) is 91.3 cm³/mol. The first kappa shape index (κ1) is 14.2. The number of rotatable bonds is 3. The van der Waals surface area contributed by atoms with Crippen LogP contribution in [0, 0.1) is 0 Å². The van der Waals surface area contributed by atoms with Crippen LogP contribution >= 0.6 is 27.7 Å². The summed E-state index contributed by atoms with van der Waals surface area (Å²) in [5.41, 5.74) is 9.51. The molecule has 0 radical (unpaired) electrons. The van der Waals surface area contributed by atoms with Crippen LogP contribution in [0.25, 0.3) is 22.4 Å². The molecule has 0 saturated heterocycles. The number of halogens is 1. The van der Waals surface area contributed by atoms with Gasteiger partial charge in [-0.2, -0.15) is 0 Å². The Morgan fingerprint density at radius 2 is 1.81 bits per heavy atom. The van der Waals surface area contributed by atoms with E-state index < -0.39 is 0 Å². The highest BCUT2D eigenvalue weighted by Crippen LogP contribution is 2.39. The Morgan fingerprint density at radius 3 is 2.48 bits per heavy atom. The molecular weight excluding hydrogens is 348 g/mol. The molecule has 3 nitrogen and oxygen atoms in total. The summed E-state index contributed by atoms with van der Waals surface area (Å²) in [6.45, 7) is 0. The summed E-state index contributed by atoms with van der Waals surface area (Å²) in [7, 11) is 0. The third kappa shape index (κ3) is 2.71. The van der Waals surface area contributed by atoms with E-state index in [-0.39, 0.29) is 0 Å². The molecule has 5 heteroatoms. The van der Waals surface area contributed by atoms with E-state index in [4.69, 9.17) is 10.3 Å². The van der Waals surface area contributed by atoms with Crippen LogP contribution in [0.15, 0.2) is 62.4 Å². The van der Waals surface area contributed by atoms with Gasteiger partial charge in [-0.3, -0.25) is 0 Å². The minimum absolute atomic E-state index is 0.325. The van der Waals surface area contributed by atoms with Crippen LogP contribution in [-0.2, 0) is 0 Å². The number of thioether (sulfide) groups is 1. The van der Waals surface area contributed by atoms with Crippen LogP contribution in [0.4, 0.5) is 5.88 Å². The SMILES string of the molecule is CSc1ccc(-c2noc(N)c2-c2ccccc2Br)cc1. The van der Waals surface area contributed by atoms with Crippen LogP contribution in [0.2, 0.25) is 0 Å². The van der Waals surface area contributed by atoms with E-state index in [0.29, 0.717) is 5.88 Å². The minimum Gasteiger partial charge on any atom is -0.367 e. The average Bonchev–Trinajstić information content (AvgIpc) is 2.89. The lowest BCUT2D eigenvalue weighted by atomic mass is 10.0. The van der Waals surface area contributed by atoms with Crippen molar-refractivity contribution < 1.29 is 4.52 Å². The van der Waals surface area contributed by atoms with Gasteiger partial charge in [0, 0.05) is 20.5 Å². The van der Waals surface area contributed by atoms with Gasteiger partial charge in [-0.05, 0) is 24.5 Å². The fraction of sp³-hybridized carbons (Fsp3) is 0.0625. The molecule has 2 N–H and O–H groups in total. The molecule has 3 rings (SSSR count). The van der Waals surface area contributed by atoms with E-state index in [1.54, 1.807) is 11.8 Å². The van der Waals surface area contributed by atoms with Crippen molar-refractivity contribution >= 4 is 33.6 Å². The Labute approximate surface area is 135 Å². The zero-order valence-corrected chi connectivity index (χ0v) is 13.7. The Morgan fingerprint density at radius 1 is 1.10 bits per heavy atom. The minimum atomic E-state index is 0.325. The Hall–Kier alpha value is -1.72. The standard InChI is InChI=1S/C16H13BrN2OS/c1-21-11-8-6-10(7-9-11)15-14(16(18)20-19-15)12-4-2-3-5-13(12)17/h2-9H,18H2,1H3. The van der Waals surface area contributed by atoms with Crippen molar-refractivity contribution in [2.75, 3.05) is 12.0 Å². The summed E-state index contributed by atoms with van der Waals surface area (Å²) in [6, 6.07) is 16.1. The predicted octanol–water partition coefficient (Wildman–Crippen LogP) is 5.08. The number of hydrogen-bond donors (Lipinski definition) is 1. The lowest BCUT2D eigenvalue weighted by Crippen LogP contribution is -1.88. The fourth-order valence-electron chi connectivity index (χ4n) is 2.17. The van der Waals surface area contributed by atoms with Crippen molar-refractivity contribution in [2.24, 2.45) is 0 Å². The zero-order chi connectivity index (χ0) is 14.8. The van der Waals surface area contributed by atoms with Gasteiger partial charge < -0.3 is 10.3 Å². The van der Waals surface area contributed by atoms with Gasteiger partial charge in [-0.25, -0.2) is 0 Å². The Bertz CT molecular complexity index is 768. The largest absolute Gasteiger partial charge is 0.367 e. The topological polar surface area (TPSA) is 52.0 Å². The summed E-state index contributed by atoms with van der Waals surface area (Å²) in [5, 5.41) is 4.13. The number of nitrogens with zero attached hydrogens (tertiary/aromatic N) is 1. The number of aromatic nitrogens is 1. The highest BCUT2D eigenvalue weighted by atomic mass is 79.9. The van der Waals surface area contributed by atoms with Gasteiger partial charge in [0.25, 0.3) is 0 Å². The zero-order valence-electron chi connectivity index (χ0n) is 11.3. The molecule has 0 bridgehead atoms. The van der Waals surface area contributed by atoms with E-state index in [2.05, 4.69) is 39.5 Å². The van der Waals surface area contributed by atoms with Crippen molar-refractivity contribution in [2.45, 2.75) is 4.90 Å². The number of nitrogens with two attached hydrogens (primary N) is 1. The molecule has 3 aromatic rings. The monoisotopic (exact) mass is 360 g/mol. The van der Waals surface area contributed by atoms with E-state index in [0.717, 1.165) is 26.9 Å². The molecular formula is C16H13BrN2OS. The molecule has 0 amide bonds. The number of nitrogen functional groups attached to an aromatic ring is 1. The molecule has 0 saturated carbocycles. The first-order chi connectivity index (χ1) is 10.2. The average molecular weight is 361 g/mol. The van der Waals surface area contributed by atoms with Gasteiger partial charge in [-0.15, -0.1) is 11.8 Å². The molecule has 1 heterocycles. The van der Waals surface area contributed by atoms with Crippen molar-refractivity contribution in [1.29, 1.82) is 0 Å². The highest BCUT2D eigenvalue weighted by Gasteiger charge is 2.19. The third-order valence-corrected chi connectivity index (χ3v) is 4.66. The number of benzene rings is 2. The molecule has 0 aliphatic carbocycles. The molecule has 106 valence electrons. The lowest BCUT2D eigenvalue weighted by molar-refractivity contribution is 0.439. The first-order valence-corrected chi connectivity index (χ1v) is 8.37. The van der Waals surface area contributed by atoms with Crippen molar-refractivity contribution in [1.82, 2.24) is 5.16 Å². The second kappa shape index (κ2) is 5.95. The van der Waals surface area contributed by atoms with Crippen molar-refractivity contribution in [3.8, 4) is 22.4 Å². The normalized spacial score (nSPS) is 10.8. The van der Waals surface area contributed by atoms with Gasteiger partial charge in [0.15, 0.2) is 0 Å². The maximum atomic E-state index is 5.98. The van der Waals surface area contributed by atoms with E-state index in [1.165, 1.54) is 4.90 Å². The Kier molecular flexibility index (Phi) is 4.03. The maximum absolute atomic E-state index is 5.98. The molecule has 1 aromatic heterocycles. The van der Waals surface area contributed by atoms with Crippen molar-refractivity contribution in [3.05, 3.63) is 53.0 Å². The maximum Gasteiger partial charge on any atom is 0.230 e. The summed E-state index contributed by atoms with van der Waals surface area (Å²) in [6.07, 6.45) is 2.05. The van der Waals surface area contributed by atoms with E-state index in [9.17, 15) is 0 Å². The van der Waals surface area contributed by atoms with E-state index >= 15 is 0 Å². The molecule has 21 heavy (non-hydrogen) atoms. The molecule has 0 spiro atoms.